The maximum Gasteiger partial charge on any atom is 0.340 e. The van der Waals surface area contributed by atoms with Crippen LogP contribution in [-0.2, 0) is 20.7 Å². The van der Waals surface area contributed by atoms with Crippen LogP contribution in [0.2, 0.25) is 0 Å². The summed E-state index contributed by atoms with van der Waals surface area (Å²) in [6.45, 7) is 3.85. The molecule has 0 N–H and O–H groups in total. The minimum absolute atomic E-state index is 0.226. The molecular weight excluding hydrogens is 326 g/mol. The van der Waals surface area contributed by atoms with Gasteiger partial charge in [-0.2, -0.15) is 0 Å². The molecule has 0 atom stereocenters. The van der Waals surface area contributed by atoms with E-state index in [1.54, 1.807) is 17.9 Å². The molecule has 0 aliphatic carbocycles. The van der Waals surface area contributed by atoms with Gasteiger partial charge in [0, 0.05) is 11.4 Å². The Hall–Kier alpha value is -3.14. The van der Waals surface area contributed by atoms with Gasteiger partial charge < -0.3 is 4.74 Å². The van der Waals surface area contributed by atoms with Crippen molar-refractivity contribution >= 4 is 23.6 Å². The quantitative estimate of drug-likeness (QED) is 0.617. The summed E-state index contributed by atoms with van der Waals surface area (Å²) in [7, 11) is 1.33. The fourth-order valence-electron chi connectivity index (χ4n) is 3.09. The highest BCUT2D eigenvalue weighted by Crippen LogP contribution is 2.35. The molecule has 3 rings (SSSR count). The molecule has 0 fully saturated rings. The lowest BCUT2D eigenvalue weighted by atomic mass is 10.0. The van der Waals surface area contributed by atoms with E-state index in [9.17, 15) is 9.59 Å². The van der Waals surface area contributed by atoms with Crippen molar-refractivity contribution < 1.29 is 14.3 Å². The SMILES string of the molecule is CCc1ccc(N2C(=O)/C(=C\c3ccccc3)C(C(=O)OC)=C2C)cc1. The summed E-state index contributed by atoms with van der Waals surface area (Å²) in [5.41, 5.74) is 4.01. The van der Waals surface area contributed by atoms with E-state index >= 15 is 0 Å². The van der Waals surface area contributed by atoms with Crippen molar-refractivity contribution in [2.24, 2.45) is 0 Å². The molecule has 1 aliphatic rings. The van der Waals surface area contributed by atoms with Gasteiger partial charge in [-0.05, 0) is 42.7 Å². The molecule has 0 bridgehead atoms. The minimum Gasteiger partial charge on any atom is -0.465 e. The molecule has 26 heavy (non-hydrogen) atoms. The van der Waals surface area contributed by atoms with E-state index in [2.05, 4.69) is 6.92 Å². The monoisotopic (exact) mass is 347 g/mol. The van der Waals surface area contributed by atoms with Crippen LogP contribution in [0, 0.1) is 0 Å². The first-order valence-corrected chi connectivity index (χ1v) is 8.56. The summed E-state index contributed by atoms with van der Waals surface area (Å²) in [5.74, 6) is -0.735. The van der Waals surface area contributed by atoms with Crippen LogP contribution in [0.4, 0.5) is 5.69 Å². The van der Waals surface area contributed by atoms with Gasteiger partial charge in [0.2, 0.25) is 0 Å². The number of ether oxygens (including phenoxy) is 1. The molecule has 4 heteroatoms. The molecule has 132 valence electrons. The second-order valence-electron chi connectivity index (χ2n) is 6.08. The Labute approximate surface area is 153 Å². The second kappa shape index (κ2) is 7.40. The number of nitrogens with zero attached hydrogens (tertiary/aromatic N) is 1. The van der Waals surface area contributed by atoms with Crippen LogP contribution in [0.25, 0.3) is 6.08 Å². The van der Waals surface area contributed by atoms with Crippen LogP contribution >= 0.6 is 0 Å². The average Bonchev–Trinajstić information content (AvgIpc) is 2.92. The summed E-state index contributed by atoms with van der Waals surface area (Å²) >= 11 is 0. The summed E-state index contributed by atoms with van der Waals surface area (Å²) in [5, 5.41) is 0. The Balaban J connectivity index is 2.10. The van der Waals surface area contributed by atoms with Crippen LogP contribution in [0.5, 0.6) is 0 Å². The van der Waals surface area contributed by atoms with Gasteiger partial charge in [0.25, 0.3) is 5.91 Å². The second-order valence-corrected chi connectivity index (χ2v) is 6.08. The third-order valence-electron chi connectivity index (χ3n) is 4.50. The van der Waals surface area contributed by atoms with E-state index in [1.165, 1.54) is 12.7 Å². The zero-order valence-electron chi connectivity index (χ0n) is 15.2. The van der Waals surface area contributed by atoms with Gasteiger partial charge >= 0.3 is 5.97 Å². The van der Waals surface area contributed by atoms with Crippen LogP contribution < -0.4 is 4.90 Å². The number of carbonyl (C=O) groups is 2. The van der Waals surface area contributed by atoms with Crippen molar-refractivity contribution in [2.75, 3.05) is 12.0 Å². The summed E-state index contributed by atoms with van der Waals surface area (Å²) in [6, 6.07) is 17.3. The van der Waals surface area contributed by atoms with Crippen molar-refractivity contribution in [3.8, 4) is 0 Å². The number of benzene rings is 2. The normalized spacial score (nSPS) is 15.7. The smallest absolute Gasteiger partial charge is 0.340 e. The van der Waals surface area contributed by atoms with E-state index in [0.29, 0.717) is 16.8 Å². The van der Waals surface area contributed by atoms with E-state index in [0.717, 1.165) is 17.7 Å². The minimum atomic E-state index is -0.509. The molecule has 0 saturated carbocycles. The summed E-state index contributed by atoms with van der Waals surface area (Å²) < 4.78 is 4.93. The van der Waals surface area contributed by atoms with E-state index < -0.39 is 5.97 Å². The molecule has 0 saturated heterocycles. The molecule has 1 amide bonds. The average molecular weight is 347 g/mol. The van der Waals surface area contributed by atoms with Crippen molar-refractivity contribution in [1.82, 2.24) is 0 Å². The van der Waals surface area contributed by atoms with Gasteiger partial charge in [-0.1, -0.05) is 49.4 Å². The number of aryl methyl sites for hydroxylation is 1. The van der Waals surface area contributed by atoms with E-state index in [4.69, 9.17) is 4.74 Å². The van der Waals surface area contributed by atoms with Crippen LogP contribution in [-0.4, -0.2) is 19.0 Å². The highest BCUT2D eigenvalue weighted by molar-refractivity contribution is 6.23. The number of esters is 1. The molecule has 1 heterocycles. The standard InChI is InChI=1S/C22H21NO3/c1-4-16-10-12-18(13-11-16)23-15(2)20(22(25)26-3)19(21(23)24)14-17-8-6-5-7-9-17/h5-14H,4H2,1-3H3/b19-14-. The van der Waals surface area contributed by atoms with E-state index in [1.807, 2.05) is 54.6 Å². The van der Waals surface area contributed by atoms with Gasteiger partial charge in [0.05, 0.1) is 18.3 Å². The molecule has 1 aliphatic heterocycles. The fraction of sp³-hybridized carbons (Fsp3) is 0.182. The van der Waals surface area contributed by atoms with Gasteiger partial charge in [-0.3, -0.25) is 9.69 Å². The van der Waals surface area contributed by atoms with Gasteiger partial charge in [0.15, 0.2) is 0 Å². The first-order valence-electron chi connectivity index (χ1n) is 8.56. The highest BCUT2D eigenvalue weighted by Gasteiger charge is 2.37. The maximum atomic E-state index is 13.1. The number of methoxy groups -OCH3 is 1. The van der Waals surface area contributed by atoms with Crippen molar-refractivity contribution in [3.05, 3.63) is 82.6 Å². The molecule has 4 nitrogen and oxygen atoms in total. The lowest BCUT2D eigenvalue weighted by Crippen LogP contribution is -2.24. The fourth-order valence-corrected chi connectivity index (χ4v) is 3.09. The Morgan fingerprint density at radius 3 is 2.31 bits per heavy atom. The first-order chi connectivity index (χ1) is 12.6. The number of anilines is 1. The summed E-state index contributed by atoms with van der Waals surface area (Å²) in [6.07, 6.45) is 2.66. The van der Waals surface area contributed by atoms with Gasteiger partial charge in [0.1, 0.15) is 0 Å². The van der Waals surface area contributed by atoms with Crippen molar-refractivity contribution in [3.63, 3.8) is 0 Å². The maximum absolute atomic E-state index is 13.1. The Kier molecular flexibility index (Phi) is 5.03. The molecular formula is C22H21NO3. The van der Waals surface area contributed by atoms with Gasteiger partial charge in [-0.15, -0.1) is 0 Å². The molecule has 2 aromatic rings. The molecule has 0 unspecified atom stereocenters. The summed E-state index contributed by atoms with van der Waals surface area (Å²) in [4.78, 5) is 27.0. The Morgan fingerprint density at radius 2 is 1.73 bits per heavy atom. The molecule has 0 aromatic heterocycles. The Morgan fingerprint density at radius 1 is 1.08 bits per heavy atom. The lowest BCUT2D eigenvalue weighted by Gasteiger charge is -2.18. The number of amides is 1. The predicted octanol–water partition coefficient (Wildman–Crippen LogP) is 4.13. The van der Waals surface area contributed by atoms with Crippen molar-refractivity contribution in [1.29, 1.82) is 0 Å². The third kappa shape index (κ3) is 3.18. The zero-order valence-corrected chi connectivity index (χ0v) is 15.2. The number of hydrogen-bond donors (Lipinski definition) is 0. The largest absolute Gasteiger partial charge is 0.465 e. The zero-order chi connectivity index (χ0) is 18.7. The first kappa shape index (κ1) is 17.7. The van der Waals surface area contributed by atoms with Crippen LogP contribution in [0.1, 0.15) is 25.0 Å². The number of allylic oxidation sites excluding steroid dienone is 1. The third-order valence-corrected chi connectivity index (χ3v) is 4.50. The Bertz CT molecular complexity index is 893. The van der Waals surface area contributed by atoms with Gasteiger partial charge in [-0.25, -0.2) is 4.79 Å². The molecule has 0 radical (unpaired) electrons. The highest BCUT2D eigenvalue weighted by atomic mass is 16.5. The van der Waals surface area contributed by atoms with Crippen molar-refractivity contribution in [2.45, 2.75) is 20.3 Å². The number of hydrogen-bond acceptors (Lipinski definition) is 3. The molecule has 2 aromatic carbocycles. The van der Waals surface area contributed by atoms with Crippen LogP contribution in [0.15, 0.2) is 71.4 Å². The topological polar surface area (TPSA) is 46.6 Å². The lowest BCUT2D eigenvalue weighted by molar-refractivity contribution is -0.136. The van der Waals surface area contributed by atoms with E-state index in [-0.39, 0.29) is 5.91 Å². The molecule has 0 spiro atoms. The number of rotatable bonds is 4. The van der Waals surface area contributed by atoms with Crippen LogP contribution in [0.3, 0.4) is 0 Å². The number of carbonyl (C=O) groups excluding carboxylic acids is 2. The predicted molar refractivity (Wildman–Crippen MR) is 102 cm³/mol.